The van der Waals surface area contributed by atoms with Crippen molar-refractivity contribution in [3.8, 4) is 0 Å². The zero-order chi connectivity index (χ0) is 9.56. The van der Waals surface area contributed by atoms with E-state index >= 15 is 0 Å². The summed E-state index contributed by atoms with van der Waals surface area (Å²) in [6, 6.07) is 0. The minimum atomic E-state index is 0.679. The third-order valence-electron chi connectivity index (χ3n) is 1.93. The molecule has 0 unspecified atom stereocenters. The van der Waals surface area contributed by atoms with Gasteiger partial charge >= 0.3 is 0 Å². The average molecular weight is 173 g/mol. The van der Waals surface area contributed by atoms with Crippen molar-refractivity contribution in [1.82, 2.24) is 5.06 Å². The van der Waals surface area contributed by atoms with Crippen LogP contribution in [0, 0.1) is 11.8 Å². The number of hydrogen-bond acceptors (Lipinski definition) is 2. The second-order valence-electron chi connectivity index (χ2n) is 4.32. The molecule has 0 spiro atoms. The fourth-order valence-electron chi connectivity index (χ4n) is 0.926. The molecule has 2 nitrogen and oxygen atoms in total. The van der Waals surface area contributed by atoms with E-state index in [0.29, 0.717) is 11.8 Å². The topological polar surface area (TPSA) is 23.5 Å². The molecule has 0 amide bonds. The molecular weight excluding hydrogens is 150 g/mol. The summed E-state index contributed by atoms with van der Waals surface area (Å²) in [5.74, 6) is 1.36. The van der Waals surface area contributed by atoms with Gasteiger partial charge in [0.1, 0.15) is 0 Å². The minimum absolute atomic E-state index is 0.679. The molecule has 12 heavy (non-hydrogen) atoms. The molecule has 0 atom stereocenters. The first-order valence-corrected chi connectivity index (χ1v) is 4.96. The molecule has 74 valence electrons. The molecule has 0 bridgehead atoms. The van der Waals surface area contributed by atoms with E-state index in [1.54, 1.807) is 0 Å². The van der Waals surface area contributed by atoms with Crippen LogP contribution in [-0.4, -0.2) is 23.4 Å². The van der Waals surface area contributed by atoms with Gasteiger partial charge in [0.15, 0.2) is 0 Å². The highest BCUT2D eigenvalue weighted by atomic mass is 16.5. The number of nitrogens with zero attached hydrogens (tertiary/aromatic N) is 1. The first-order valence-electron chi connectivity index (χ1n) is 4.96. The van der Waals surface area contributed by atoms with Gasteiger partial charge in [-0.3, -0.25) is 0 Å². The summed E-state index contributed by atoms with van der Waals surface area (Å²) in [5.41, 5.74) is 0. The Morgan fingerprint density at radius 3 is 1.50 bits per heavy atom. The molecule has 0 saturated heterocycles. The largest absolute Gasteiger partial charge is 0.314 e. The maximum Gasteiger partial charge on any atom is 0.0240 e. The highest BCUT2D eigenvalue weighted by Gasteiger charge is 2.03. The van der Waals surface area contributed by atoms with E-state index in [1.165, 1.54) is 5.06 Å². The highest BCUT2D eigenvalue weighted by Crippen LogP contribution is 2.03. The first kappa shape index (κ1) is 11.9. The summed E-state index contributed by atoms with van der Waals surface area (Å²) < 4.78 is 0. The summed E-state index contributed by atoms with van der Waals surface area (Å²) in [6.45, 7) is 10.3. The monoisotopic (exact) mass is 173 g/mol. The van der Waals surface area contributed by atoms with Crippen LogP contribution < -0.4 is 0 Å². The summed E-state index contributed by atoms with van der Waals surface area (Å²) in [6.07, 6.45) is 2.16. The van der Waals surface area contributed by atoms with Crippen LogP contribution in [0.15, 0.2) is 0 Å². The summed E-state index contributed by atoms with van der Waals surface area (Å²) in [7, 11) is 0. The number of hydroxylamine groups is 2. The van der Waals surface area contributed by atoms with Gasteiger partial charge < -0.3 is 5.21 Å². The normalized spacial score (nSPS) is 12.0. The lowest BCUT2D eigenvalue weighted by Gasteiger charge is -2.16. The lowest BCUT2D eigenvalue weighted by Crippen LogP contribution is -2.23. The van der Waals surface area contributed by atoms with Crippen molar-refractivity contribution in [2.24, 2.45) is 11.8 Å². The van der Waals surface area contributed by atoms with Crippen LogP contribution in [-0.2, 0) is 0 Å². The molecule has 0 aromatic carbocycles. The quantitative estimate of drug-likeness (QED) is 0.624. The summed E-state index contributed by atoms with van der Waals surface area (Å²) >= 11 is 0. The average Bonchev–Trinajstić information content (AvgIpc) is 1.96. The summed E-state index contributed by atoms with van der Waals surface area (Å²) in [5, 5.41) is 10.8. The van der Waals surface area contributed by atoms with Crippen molar-refractivity contribution >= 4 is 0 Å². The van der Waals surface area contributed by atoms with Crippen LogP contribution in [0.25, 0.3) is 0 Å². The van der Waals surface area contributed by atoms with Crippen LogP contribution in [0.5, 0.6) is 0 Å². The molecule has 0 rings (SSSR count). The standard InChI is InChI=1S/C10H23NO/c1-9(2)5-7-11(12)8-6-10(3)4/h9-10,12H,5-8H2,1-4H3. The number of hydrogen-bond donors (Lipinski definition) is 1. The van der Waals surface area contributed by atoms with E-state index in [1.807, 2.05) is 0 Å². The zero-order valence-corrected chi connectivity index (χ0v) is 8.88. The zero-order valence-electron chi connectivity index (χ0n) is 8.88. The van der Waals surface area contributed by atoms with E-state index in [0.717, 1.165) is 25.9 Å². The van der Waals surface area contributed by atoms with Crippen LogP contribution in [0.4, 0.5) is 0 Å². The van der Waals surface area contributed by atoms with Gasteiger partial charge in [0.25, 0.3) is 0 Å². The van der Waals surface area contributed by atoms with Crippen LogP contribution in [0.1, 0.15) is 40.5 Å². The molecule has 0 saturated carbocycles. The maximum atomic E-state index is 9.38. The SMILES string of the molecule is CC(C)CCN(O)CCC(C)C. The Kier molecular flexibility index (Phi) is 6.39. The fraction of sp³-hybridized carbons (Fsp3) is 1.00. The fourth-order valence-corrected chi connectivity index (χ4v) is 0.926. The van der Waals surface area contributed by atoms with Gasteiger partial charge in [0.2, 0.25) is 0 Å². The van der Waals surface area contributed by atoms with E-state index in [2.05, 4.69) is 27.7 Å². The molecule has 0 aromatic rings. The molecule has 2 heteroatoms. The lowest BCUT2D eigenvalue weighted by molar-refractivity contribution is -0.0956. The van der Waals surface area contributed by atoms with Gasteiger partial charge in [0.05, 0.1) is 0 Å². The van der Waals surface area contributed by atoms with E-state index in [-0.39, 0.29) is 0 Å². The van der Waals surface area contributed by atoms with E-state index in [9.17, 15) is 5.21 Å². The van der Waals surface area contributed by atoms with Gasteiger partial charge in [-0.25, -0.2) is 0 Å². The van der Waals surface area contributed by atoms with Crippen molar-refractivity contribution in [3.63, 3.8) is 0 Å². The molecule has 0 aromatic heterocycles. The molecule has 1 N–H and O–H groups in total. The third kappa shape index (κ3) is 8.02. The Morgan fingerprint density at radius 1 is 0.917 bits per heavy atom. The van der Waals surface area contributed by atoms with Gasteiger partial charge in [0, 0.05) is 13.1 Å². The molecule has 0 aliphatic rings. The van der Waals surface area contributed by atoms with Gasteiger partial charge in [-0.1, -0.05) is 27.7 Å². The predicted molar refractivity (Wildman–Crippen MR) is 52.3 cm³/mol. The molecule has 0 radical (unpaired) electrons. The summed E-state index contributed by atoms with van der Waals surface area (Å²) in [4.78, 5) is 0. The van der Waals surface area contributed by atoms with Gasteiger partial charge in [-0.15, -0.1) is 0 Å². The molecular formula is C10H23NO. The lowest BCUT2D eigenvalue weighted by atomic mass is 10.1. The Labute approximate surface area is 76.5 Å². The molecule has 0 aliphatic carbocycles. The van der Waals surface area contributed by atoms with Gasteiger partial charge in [-0.2, -0.15) is 5.06 Å². The Hall–Kier alpha value is -0.0800. The van der Waals surface area contributed by atoms with Crippen molar-refractivity contribution < 1.29 is 5.21 Å². The highest BCUT2D eigenvalue weighted by molar-refractivity contribution is 4.52. The van der Waals surface area contributed by atoms with Crippen molar-refractivity contribution in [2.75, 3.05) is 13.1 Å². The Balaban J connectivity index is 3.27. The van der Waals surface area contributed by atoms with Crippen LogP contribution in [0.2, 0.25) is 0 Å². The molecule has 0 fully saturated rings. The van der Waals surface area contributed by atoms with Crippen LogP contribution in [0.3, 0.4) is 0 Å². The van der Waals surface area contributed by atoms with Gasteiger partial charge in [-0.05, 0) is 24.7 Å². The maximum absolute atomic E-state index is 9.38. The smallest absolute Gasteiger partial charge is 0.0240 e. The second kappa shape index (κ2) is 6.44. The Bertz CT molecular complexity index is 90.0. The molecule has 0 aliphatic heterocycles. The first-order chi connectivity index (χ1) is 5.52. The minimum Gasteiger partial charge on any atom is -0.314 e. The number of rotatable bonds is 6. The Morgan fingerprint density at radius 2 is 1.25 bits per heavy atom. The predicted octanol–water partition coefficient (Wildman–Crippen LogP) is 2.77. The van der Waals surface area contributed by atoms with Crippen molar-refractivity contribution in [2.45, 2.75) is 40.5 Å². The second-order valence-corrected chi connectivity index (χ2v) is 4.32. The van der Waals surface area contributed by atoms with Crippen LogP contribution >= 0.6 is 0 Å². The third-order valence-corrected chi connectivity index (χ3v) is 1.93. The van der Waals surface area contributed by atoms with Crippen molar-refractivity contribution in [3.05, 3.63) is 0 Å². The van der Waals surface area contributed by atoms with E-state index < -0.39 is 0 Å². The van der Waals surface area contributed by atoms with Crippen molar-refractivity contribution in [1.29, 1.82) is 0 Å². The van der Waals surface area contributed by atoms with E-state index in [4.69, 9.17) is 0 Å². The molecule has 0 heterocycles.